The number of carbonyl (C=O) groups excluding carboxylic acids is 1. The van der Waals surface area contributed by atoms with E-state index in [1.54, 1.807) is 42.2 Å². The monoisotopic (exact) mass is 400 g/mol. The molecule has 0 bridgehead atoms. The molecule has 1 aromatic carbocycles. The second kappa shape index (κ2) is 9.69. The van der Waals surface area contributed by atoms with Crippen LogP contribution in [0.3, 0.4) is 0 Å². The molecular weight excluding hydrogens is 368 g/mol. The Hall–Kier alpha value is -2.67. The predicted octanol–water partition coefficient (Wildman–Crippen LogP) is 3.36. The number of likely N-dealkylation sites (N-methyl/N-ethyl adjacent to an activating group) is 1. The highest BCUT2D eigenvalue weighted by molar-refractivity contribution is 6.15. The lowest BCUT2D eigenvalue weighted by molar-refractivity contribution is -0.128. The van der Waals surface area contributed by atoms with Crippen molar-refractivity contribution in [1.82, 2.24) is 9.80 Å². The second-order valence-corrected chi connectivity index (χ2v) is 8.47. The van der Waals surface area contributed by atoms with Gasteiger partial charge in [-0.1, -0.05) is 32.9 Å². The van der Waals surface area contributed by atoms with Crippen LogP contribution in [-0.4, -0.2) is 66.5 Å². The fourth-order valence-corrected chi connectivity index (χ4v) is 3.02. The van der Waals surface area contributed by atoms with E-state index in [1.165, 1.54) is 0 Å². The molecule has 0 atom stereocenters. The maximum Gasteiger partial charge on any atom is 0.228 e. The molecule has 0 unspecified atom stereocenters. The number of rotatable bonds is 5. The van der Waals surface area contributed by atoms with Gasteiger partial charge in [-0.2, -0.15) is 4.99 Å². The predicted molar refractivity (Wildman–Crippen MR) is 116 cm³/mol. The Kier molecular flexibility index (Phi) is 7.56. The highest BCUT2D eigenvalue weighted by Gasteiger charge is 2.31. The third-order valence-electron chi connectivity index (χ3n) is 4.55. The van der Waals surface area contributed by atoms with Crippen LogP contribution in [0.1, 0.15) is 39.2 Å². The molecule has 0 aromatic heterocycles. The van der Waals surface area contributed by atoms with Crippen LogP contribution in [0, 0.1) is 10.8 Å². The number of carbonyl (C=O) groups is 1. The average Bonchev–Trinajstić information content (AvgIpc) is 3.00. The lowest BCUT2D eigenvalue weighted by Gasteiger charge is -2.24. The number of aromatic hydroxyl groups is 1. The fraction of sp³-hybridized carbons (Fsp3) is 0.500. The SMILES string of the molecule is COCCN(C)C(=N)/N=C1\C(=C\c2cccc(O)c2)CCN1C(=O)CC(C)(C)C. The average molecular weight is 401 g/mol. The van der Waals surface area contributed by atoms with Gasteiger partial charge in [0.25, 0.3) is 0 Å². The molecule has 0 saturated carbocycles. The van der Waals surface area contributed by atoms with Gasteiger partial charge in [0.2, 0.25) is 11.9 Å². The molecule has 1 aliphatic heterocycles. The van der Waals surface area contributed by atoms with Crippen LogP contribution in [0.5, 0.6) is 5.75 Å². The molecule has 2 rings (SSSR count). The number of hydrogen-bond donors (Lipinski definition) is 2. The van der Waals surface area contributed by atoms with E-state index in [1.807, 2.05) is 32.9 Å². The van der Waals surface area contributed by atoms with E-state index in [2.05, 4.69) is 4.99 Å². The number of aliphatic imine (C=N–C) groups is 1. The molecule has 158 valence electrons. The maximum absolute atomic E-state index is 12.9. The van der Waals surface area contributed by atoms with E-state index in [9.17, 15) is 9.90 Å². The normalized spacial score (nSPS) is 17.2. The number of phenols is 1. The van der Waals surface area contributed by atoms with Gasteiger partial charge in [-0.25, -0.2) is 0 Å². The van der Waals surface area contributed by atoms with Crippen LogP contribution < -0.4 is 0 Å². The summed E-state index contributed by atoms with van der Waals surface area (Å²) in [4.78, 5) is 20.8. The molecule has 1 aromatic rings. The molecule has 1 heterocycles. The summed E-state index contributed by atoms with van der Waals surface area (Å²) in [5, 5.41) is 18.1. The first-order chi connectivity index (χ1) is 13.6. The van der Waals surface area contributed by atoms with Gasteiger partial charge in [0.15, 0.2) is 0 Å². The van der Waals surface area contributed by atoms with Crippen molar-refractivity contribution >= 4 is 23.8 Å². The van der Waals surface area contributed by atoms with Gasteiger partial charge >= 0.3 is 0 Å². The highest BCUT2D eigenvalue weighted by atomic mass is 16.5. The quantitative estimate of drug-likeness (QED) is 0.586. The van der Waals surface area contributed by atoms with Crippen LogP contribution in [-0.2, 0) is 9.53 Å². The van der Waals surface area contributed by atoms with Gasteiger partial charge in [0.05, 0.1) is 6.61 Å². The summed E-state index contributed by atoms with van der Waals surface area (Å²) in [6.45, 7) is 7.65. The maximum atomic E-state index is 12.9. The summed E-state index contributed by atoms with van der Waals surface area (Å²) in [5.74, 6) is 0.776. The topological polar surface area (TPSA) is 89.2 Å². The van der Waals surface area contributed by atoms with Crippen molar-refractivity contribution in [3.63, 3.8) is 0 Å². The lowest BCUT2D eigenvalue weighted by atomic mass is 9.91. The molecule has 29 heavy (non-hydrogen) atoms. The second-order valence-electron chi connectivity index (χ2n) is 8.47. The van der Waals surface area contributed by atoms with Gasteiger partial charge in [0.1, 0.15) is 11.6 Å². The summed E-state index contributed by atoms with van der Waals surface area (Å²) in [6, 6.07) is 6.95. The number of phenolic OH excluding ortho intramolecular Hbond substituents is 1. The number of ether oxygens (including phenoxy) is 1. The molecule has 2 N–H and O–H groups in total. The van der Waals surface area contributed by atoms with Crippen molar-refractivity contribution in [2.45, 2.75) is 33.6 Å². The highest BCUT2D eigenvalue weighted by Crippen LogP contribution is 2.27. The van der Waals surface area contributed by atoms with Crippen molar-refractivity contribution < 1.29 is 14.6 Å². The minimum atomic E-state index is -0.136. The molecule has 1 saturated heterocycles. The third kappa shape index (κ3) is 6.71. The number of benzene rings is 1. The van der Waals surface area contributed by atoms with Gasteiger partial charge in [-0.3, -0.25) is 15.1 Å². The zero-order valence-corrected chi connectivity index (χ0v) is 18.0. The molecule has 1 amide bonds. The first-order valence-electron chi connectivity index (χ1n) is 9.78. The minimum Gasteiger partial charge on any atom is -0.508 e. The molecule has 0 spiro atoms. The first kappa shape index (κ1) is 22.6. The zero-order chi connectivity index (χ0) is 21.6. The summed E-state index contributed by atoms with van der Waals surface area (Å²) in [6.07, 6.45) is 2.98. The van der Waals surface area contributed by atoms with E-state index in [0.717, 1.165) is 11.1 Å². The fourth-order valence-electron chi connectivity index (χ4n) is 3.02. The van der Waals surface area contributed by atoms with Crippen LogP contribution in [0.4, 0.5) is 0 Å². The van der Waals surface area contributed by atoms with Crippen LogP contribution in [0.2, 0.25) is 0 Å². The summed E-state index contributed by atoms with van der Waals surface area (Å²) in [7, 11) is 3.39. The largest absolute Gasteiger partial charge is 0.508 e. The Labute approximate surface area is 173 Å². The number of nitrogens with zero attached hydrogens (tertiary/aromatic N) is 3. The van der Waals surface area contributed by atoms with E-state index in [-0.39, 0.29) is 23.0 Å². The lowest BCUT2D eigenvalue weighted by Crippen LogP contribution is -2.37. The van der Waals surface area contributed by atoms with Crippen LogP contribution in [0.15, 0.2) is 34.8 Å². The molecule has 7 nitrogen and oxygen atoms in total. The van der Waals surface area contributed by atoms with Gasteiger partial charge in [0, 0.05) is 33.7 Å². The van der Waals surface area contributed by atoms with Crippen molar-refractivity contribution in [3.8, 4) is 5.75 Å². The van der Waals surface area contributed by atoms with Crippen molar-refractivity contribution in [1.29, 1.82) is 5.41 Å². The smallest absolute Gasteiger partial charge is 0.228 e. The van der Waals surface area contributed by atoms with Crippen molar-refractivity contribution in [2.75, 3.05) is 33.9 Å². The number of methoxy groups -OCH3 is 1. The third-order valence-corrected chi connectivity index (χ3v) is 4.55. The van der Waals surface area contributed by atoms with E-state index in [4.69, 9.17) is 10.1 Å². The van der Waals surface area contributed by atoms with Crippen molar-refractivity contribution in [3.05, 3.63) is 35.4 Å². The number of nitrogens with one attached hydrogen (secondary N) is 1. The number of hydrogen-bond acceptors (Lipinski definition) is 4. The van der Waals surface area contributed by atoms with E-state index >= 15 is 0 Å². The van der Waals surface area contributed by atoms with Gasteiger partial charge < -0.3 is 14.7 Å². The number of guanidine groups is 1. The Bertz CT molecular complexity index is 809. The van der Waals surface area contributed by atoms with Gasteiger partial charge in [-0.05, 0) is 41.2 Å². The Balaban J connectivity index is 2.36. The molecule has 0 radical (unpaired) electrons. The standard InChI is InChI=1S/C22H32N4O3/c1-22(2,3)15-19(28)26-10-9-17(13-16-7-6-8-18(27)14-16)20(26)24-21(23)25(4)11-12-29-5/h6-8,13-14,23,27H,9-12,15H2,1-5H3/b17-13+,23-21?,24-20+. The summed E-state index contributed by atoms with van der Waals surface area (Å²) >= 11 is 0. The van der Waals surface area contributed by atoms with E-state index in [0.29, 0.717) is 38.4 Å². The number of amides is 1. The molecule has 0 aliphatic carbocycles. The minimum absolute atomic E-state index is 0.00269. The Morgan fingerprint density at radius 2 is 2.14 bits per heavy atom. The van der Waals surface area contributed by atoms with E-state index < -0.39 is 0 Å². The Morgan fingerprint density at radius 3 is 2.76 bits per heavy atom. The number of likely N-dealkylation sites (tertiary alicyclic amines) is 1. The van der Waals surface area contributed by atoms with Gasteiger partial charge in [-0.15, -0.1) is 0 Å². The molecule has 1 aliphatic rings. The molecular formula is C22H32N4O3. The Morgan fingerprint density at radius 1 is 1.41 bits per heavy atom. The van der Waals surface area contributed by atoms with Crippen LogP contribution in [0.25, 0.3) is 6.08 Å². The first-order valence-corrected chi connectivity index (χ1v) is 9.78. The number of amidine groups is 1. The summed E-state index contributed by atoms with van der Waals surface area (Å²) < 4.78 is 5.07. The summed E-state index contributed by atoms with van der Waals surface area (Å²) in [5.41, 5.74) is 1.57. The molecule has 7 heteroatoms. The zero-order valence-electron chi connectivity index (χ0n) is 18.0. The van der Waals surface area contributed by atoms with Crippen molar-refractivity contribution in [2.24, 2.45) is 10.4 Å². The molecule has 1 fully saturated rings. The van der Waals surface area contributed by atoms with Crippen LogP contribution >= 0.6 is 0 Å².